The summed E-state index contributed by atoms with van der Waals surface area (Å²) < 4.78 is 27.0. The second-order valence-electron chi connectivity index (χ2n) is 8.71. The van der Waals surface area contributed by atoms with Crippen LogP contribution in [0.2, 0.25) is 0 Å². The van der Waals surface area contributed by atoms with Crippen LogP contribution in [0.5, 0.6) is 0 Å². The van der Waals surface area contributed by atoms with Gasteiger partial charge in [0.15, 0.2) is 5.58 Å². The number of piperidine rings is 1. The summed E-state index contributed by atoms with van der Waals surface area (Å²) in [5.41, 5.74) is 0.359. The van der Waals surface area contributed by atoms with Crippen LogP contribution >= 0.6 is 0 Å². The molecule has 1 atom stereocenters. The number of rotatable bonds is 2. The van der Waals surface area contributed by atoms with Crippen LogP contribution in [-0.2, 0) is 10.4 Å². The third-order valence-electron chi connectivity index (χ3n) is 5.07. The van der Waals surface area contributed by atoms with E-state index in [1.165, 1.54) is 4.90 Å². The lowest BCUT2D eigenvalue weighted by molar-refractivity contribution is -0.0140. The van der Waals surface area contributed by atoms with Gasteiger partial charge in [0, 0.05) is 12.7 Å². The lowest BCUT2D eigenvalue weighted by atomic mass is 9.95. The number of fused-ring (bicyclic) bond motifs is 1. The maximum absolute atomic E-state index is 15.9. The molecule has 0 unspecified atom stereocenters. The number of nitrogens with zero attached hydrogens (tertiary/aromatic N) is 4. The molecule has 1 aromatic carbocycles. The molecule has 7 nitrogen and oxygen atoms in total. The van der Waals surface area contributed by atoms with Crippen molar-refractivity contribution >= 4 is 17.2 Å². The number of ether oxygens (including phenoxy) is 1. The number of oxazole rings is 1. The molecule has 2 aromatic heterocycles. The van der Waals surface area contributed by atoms with E-state index in [1.807, 2.05) is 12.1 Å². The number of hydrogen-bond acceptors (Lipinski definition) is 6. The molecule has 1 fully saturated rings. The molecule has 0 spiro atoms. The summed E-state index contributed by atoms with van der Waals surface area (Å²) in [6.45, 7) is 5.58. The zero-order chi connectivity index (χ0) is 22.2. The Morgan fingerprint density at radius 2 is 2.06 bits per heavy atom. The molecule has 0 aliphatic carbocycles. The number of carbonyl (C=O) groups excluding carboxylic acids is 1. The molecule has 0 N–H and O–H groups in total. The van der Waals surface area contributed by atoms with Crippen molar-refractivity contribution < 1.29 is 18.3 Å². The number of carbonyl (C=O) groups is 1. The highest BCUT2D eigenvalue weighted by atomic mass is 19.1. The molecule has 31 heavy (non-hydrogen) atoms. The Morgan fingerprint density at radius 3 is 2.81 bits per heavy atom. The summed E-state index contributed by atoms with van der Waals surface area (Å²) in [5.74, 6) is -0.0413. The van der Waals surface area contributed by atoms with Gasteiger partial charge in [0.05, 0.1) is 6.54 Å². The van der Waals surface area contributed by atoms with Crippen LogP contribution in [-0.4, -0.2) is 39.7 Å². The topological polar surface area (TPSA) is 92.2 Å². The Bertz CT molecular complexity index is 1180. The minimum Gasteiger partial charge on any atom is -0.444 e. The van der Waals surface area contributed by atoms with Gasteiger partial charge in [-0.05, 0) is 69.0 Å². The van der Waals surface area contributed by atoms with Crippen LogP contribution in [0.15, 0.2) is 40.9 Å². The number of pyridine rings is 1. The van der Waals surface area contributed by atoms with E-state index in [2.05, 4.69) is 9.97 Å². The third kappa shape index (κ3) is 4.36. The zero-order valence-electron chi connectivity index (χ0n) is 17.7. The minimum absolute atomic E-state index is 0.0413. The molecule has 3 aromatic rings. The highest BCUT2D eigenvalue weighted by Gasteiger charge is 2.44. The van der Waals surface area contributed by atoms with Crippen LogP contribution in [0, 0.1) is 11.3 Å². The number of likely N-dealkylation sites (tertiary alicyclic amines) is 1. The molecule has 1 saturated heterocycles. The second kappa shape index (κ2) is 7.65. The predicted octanol–water partition coefficient (Wildman–Crippen LogP) is 4.96. The first-order valence-corrected chi connectivity index (χ1v) is 10.1. The first-order chi connectivity index (χ1) is 14.7. The molecule has 1 aliphatic heterocycles. The average Bonchev–Trinajstić information content (AvgIpc) is 3.17. The minimum atomic E-state index is -1.89. The van der Waals surface area contributed by atoms with Crippen LogP contribution in [0.4, 0.5) is 9.18 Å². The van der Waals surface area contributed by atoms with Crippen molar-refractivity contribution in [3.05, 3.63) is 48.1 Å². The molecular weight excluding hydrogens is 399 g/mol. The van der Waals surface area contributed by atoms with Crippen molar-refractivity contribution in [3.8, 4) is 17.2 Å². The zero-order valence-corrected chi connectivity index (χ0v) is 17.7. The smallest absolute Gasteiger partial charge is 0.410 e. The number of hydrogen-bond donors (Lipinski definition) is 0. The van der Waals surface area contributed by atoms with E-state index in [4.69, 9.17) is 14.4 Å². The fraction of sp³-hybridized carbons (Fsp3) is 0.391. The quantitative estimate of drug-likeness (QED) is 0.580. The summed E-state index contributed by atoms with van der Waals surface area (Å²) in [7, 11) is 0. The van der Waals surface area contributed by atoms with E-state index < -0.39 is 17.4 Å². The molecule has 0 radical (unpaired) electrons. The van der Waals surface area contributed by atoms with Crippen LogP contribution in [0.3, 0.4) is 0 Å². The van der Waals surface area contributed by atoms with Gasteiger partial charge in [-0.25, -0.2) is 19.2 Å². The van der Waals surface area contributed by atoms with Crippen LogP contribution in [0.25, 0.3) is 22.2 Å². The fourth-order valence-electron chi connectivity index (χ4n) is 3.64. The van der Waals surface area contributed by atoms with Gasteiger partial charge in [0.2, 0.25) is 11.6 Å². The van der Waals surface area contributed by atoms with Gasteiger partial charge in [-0.15, -0.1) is 0 Å². The molecule has 160 valence electrons. The van der Waals surface area contributed by atoms with Crippen molar-refractivity contribution in [1.29, 1.82) is 5.26 Å². The number of amides is 1. The standard InChI is InChI=1S/C23H23FN4O3/c1-22(2,3)31-21(29)28-10-4-8-23(24,14-28)20-27-18-12-15(5-6-19(18)30-20)16-7-9-26-17(11-16)13-25/h5-7,9,11-12H,4,8,10,14H2,1-3H3/t23-/m1/s1. The number of alkyl halides is 1. The number of halogens is 1. The van der Waals surface area contributed by atoms with Crippen LogP contribution < -0.4 is 0 Å². The van der Waals surface area contributed by atoms with E-state index >= 15 is 4.39 Å². The van der Waals surface area contributed by atoms with Crippen molar-refractivity contribution in [3.63, 3.8) is 0 Å². The van der Waals surface area contributed by atoms with Gasteiger partial charge in [0.1, 0.15) is 22.9 Å². The Kier molecular flexibility index (Phi) is 5.13. The Morgan fingerprint density at radius 1 is 1.29 bits per heavy atom. The van der Waals surface area contributed by atoms with Gasteiger partial charge in [-0.2, -0.15) is 5.26 Å². The Labute approximate surface area is 179 Å². The summed E-state index contributed by atoms with van der Waals surface area (Å²) in [5, 5.41) is 9.06. The SMILES string of the molecule is CC(C)(C)OC(=O)N1CCC[C@](F)(c2nc3cc(-c4ccnc(C#N)c4)ccc3o2)C1. The van der Waals surface area contributed by atoms with E-state index in [1.54, 1.807) is 51.2 Å². The van der Waals surface area contributed by atoms with Crippen molar-refractivity contribution in [1.82, 2.24) is 14.9 Å². The molecule has 0 bridgehead atoms. The van der Waals surface area contributed by atoms with E-state index in [-0.39, 0.29) is 18.9 Å². The lowest BCUT2D eigenvalue weighted by Gasteiger charge is -2.36. The molecule has 0 saturated carbocycles. The van der Waals surface area contributed by atoms with E-state index in [0.29, 0.717) is 29.8 Å². The number of aromatic nitrogens is 2. The van der Waals surface area contributed by atoms with Crippen molar-refractivity contribution in [2.24, 2.45) is 0 Å². The van der Waals surface area contributed by atoms with Crippen molar-refractivity contribution in [2.45, 2.75) is 44.9 Å². The largest absolute Gasteiger partial charge is 0.444 e. The third-order valence-corrected chi connectivity index (χ3v) is 5.07. The normalized spacial score (nSPS) is 19.3. The summed E-state index contributed by atoms with van der Waals surface area (Å²) in [6.07, 6.45) is 1.71. The van der Waals surface area contributed by atoms with Gasteiger partial charge in [0.25, 0.3) is 0 Å². The van der Waals surface area contributed by atoms with Crippen LogP contribution in [0.1, 0.15) is 45.2 Å². The van der Waals surface area contributed by atoms with Gasteiger partial charge >= 0.3 is 6.09 Å². The first-order valence-electron chi connectivity index (χ1n) is 10.1. The van der Waals surface area contributed by atoms with Gasteiger partial charge < -0.3 is 14.1 Å². The number of nitriles is 1. The predicted molar refractivity (Wildman–Crippen MR) is 112 cm³/mol. The van der Waals surface area contributed by atoms with Crippen molar-refractivity contribution in [2.75, 3.05) is 13.1 Å². The molecular formula is C23H23FN4O3. The van der Waals surface area contributed by atoms with Gasteiger partial charge in [-0.3, -0.25) is 0 Å². The maximum atomic E-state index is 15.9. The molecule has 1 amide bonds. The molecule has 3 heterocycles. The molecule has 4 rings (SSSR count). The fourth-order valence-corrected chi connectivity index (χ4v) is 3.64. The maximum Gasteiger partial charge on any atom is 0.410 e. The van der Waals surface area contributed by atoms with E-state index in [9.17, 15) is 4.79 Å². The summed E-state index contributed by atoms with van der Waals surface area (Å²) in [4.78, 5) is 22.2. The lowest BCUT2D eigenvalue weighted by Crippen LogP contribution is -2.48. The highest BCUT2D eigenvalue weighted by Crippen LogP contribution is 2.37. The summed E-state index contributed by atoms with van der Waals surface area (Å²) >= 11 is 0. The number of benzene rings is 1. The molecule has 8 heteroatoms. The average molecular weight is 422 g/mol. The molecule has 1 aliphatic rings. The Balaban J connectivity index is 1.61. The monoisotopic (exact) mass is 422 g/mol. The first kappa shape index (κ1) is 20.8. The highest BCUT2D eigenvalue weighted by molar-refractivity contribution is 5.80. The van der Waals surface area contributed by atoms with Gasteiger partial charge in [-0.1, -0.05) is 6.07 Å². The Hall–Kier alpha value is -3.47. The summed E-state index contributed by atoms with van der Waals surface area (Å²) in [6, 6.07) is 10.8. The van der Waals surface area contributed by atoms with E-state index in [0.717, 1.165) is 11.1 Å². The second-order valence-corrected chi connectivity index (χ2v) is 8.71.